The van der Waals surface area contributed by atoms with E-state index >= 15 is 0 Å². The molecule has 1 aromatic heterocycles. The van der Waals surface area contributed by atoms with E-state index in [1.807, 2.05) is 54.3 Å². The van der Waals surface area contributed by atoms with Crippen molar-refractivity contribution < 1.29 is 14.1 Å². The van der Waals surface area contributed by atoms with Gasteiger partial charge < -0.3 is 15.0 Å². The van der Waals surface area contributed by atoms with Crippen LogP contribution in [0.4, 0.5) is 0 Å². The maximum Gasteiger partial charge on any atom is 0.241 e. The van der Waals surface area contributed by atoms with Crippen molar-refractivity contribution in [3.8, 4) is 17.1 Å². The number of carbonyl (C=O) groups excluding carboxylic acids is 1. The van der Waals surface area contributed by atoms with Crippen molar-refractivity contribution in [1.82, 2.24) is 15.0 Å². The van der Waals surface area contributed by atoms with Crippen molar-refractivity contribution in [3.05, 3.63) is 65.5 Å². The second-order valence-corrected chi connectivity index (χ2v) is 6.74. The van der Waals surface area contributed by atoms with Crippen LogP contribution in [0.2, 0.25) is 0 Å². The van der Waals surface area contributed by atoms with Gasteiger partial charge in [0.05, 0.1) is 24.8 Å². The third-order valence-electron chi connectivity index (χ3n) is 4.91. The minimum Gasteiger partial charge on any atom is -0.493 e. The van der Waals surface area contributed by atoms with Crippen molar-refractivity contribution in [2.24, 2.45) is 5.73 Å². The van der Waals surface area contributed by atoms with Crippen LogP contribution in [-0.2, 0) is 24.3 Å². The van der Waals surface area contributed by atoms with Crippen LogP contribution in [0.5, 0.6) is 5.75 Å². The number of nitrogens with zero attached hydrogens (tertiary/aromatic N) is 3. The van der Waals surface area contributed by atoms with E-state index in [4.69, 9.17) is 15.0 Å². The molecule has 0 fully saturated rings. The molecule has 4 rings (SSSR count). The Morgan fingerprint density at radius 1 is 1.21 bits per heavy atom. The molecule has 1 amide bonds. The van der Waals surface area contributed by atoms with E-state index in [0.717, 1.165) is 11.1 Å². The Kier molecular flexibility index (Phi) is 5.08. The predicted octanol–water partition coefficient (Wildman–Crippen LogP) is 2.55. The number of carbonyl (C=O) groups is 1. The topological polar surface area (TPSA) is 94.5 Å². The van der Waals surface area contributed by atoms with Crippen LogP contribution in [0.3, 0.4) is 0 Å². The van der Waals surface area contributed by atoms with Gasteiger partial charge in [0.1, 0.15) is 5.75 Å². The van der Waals surface area contributed by atoms with Crippen LogP contribution in [0.25, 0.3) is 11.4 Å². The summed E-state index contributed by atoms with van der Waals surface area (Å²) in [6, 6.07) is 15.2. The number of aromatic nitrogens is 2. The molecule has 2 heterocycles. The largest absolute Gasteiger partial charge is 0.493 e. The summed E-state index contributed by atoms with van der Waals surface area (Å²) >= 11 is 0. The van der Waals surface area contributed by atoms with E-state index in [9.17, 15) is 4.79 Å². The molecule has 3 aromatic rings. The first-order valence-corrected chi connectivity index (χ1v) is 9.30. The van der Waals surface area contributed by atoms with Gasteiger partial charge in [-0.1, -0.05) is 41.6 Å². The molecule has 1 aliphatic heterocycles. The van der Waals surface area contributed by atoms with Gasteiger partial charge in [0, 0.05) is 6.54 Å². The number of primary amides is 1. The second kappa shape index (κ2) is 7.82. The van der Waals surface area contributed by atoms with E-state index in [1.165, 1.54) is 5.56 Å². The standard InChI is InChI=1S/C21H22N4O3/c1-2-27-18-10-6-5-9-16(18)21-23-19(28-24-21)13-25-12-15-8-4-3-7-14(15)11-17(25)20(22)26/h3-10,17H,2,11-13H2,1H3,(H2,22,26). The molecule has 7 heteroatoms. The van der Waals surface area contributed by atoms with Gasteiger partial charge in [-0.15, -0.1) is 0 Å². The van der Waals surface area contributed by atoms with Gasteiger partial charge in [-0.3, -0.25) is 9.69 Å². The quantitative estimate of drug-likeness (QED) is 0.708. The molecule has 0 radical (unpaired) electrons. The molecule has 1 atom stereocenters. The molecule has 2 N–H and O–H groups in total. The highest BCUT2D eigenvalue weighted by Gasteiger charge is 2.31. The minimum atomic E-state index is -0.402. The maximum atomic E-state index is 12.0. The molecule has 0 bridgehead atoms. The fourth-order valence-electron chi connectivity index (χ4n) is 3.56. The molecular weight excluding hydrogens is 356 g/mol. The van der Waals surface area contributed by atoms with Crippen LogP contribution in [0.1, 0.15) is 23.9 Å². The first-order valence-electron chi connectivity index (χ1n) is 9.30. The maximum absolute atomic E-state index is 12.0. The average molecular weight is 378 g/mol. The van der Waals surface area contributed by atoms with Gasteiger partial charge in [0.15, 0.2) is 0 Å². The lowest BCUT2D eigenvalue weighted by Crippen LogP contribution is -2.48. The highest BCUT2D eigenvalue weighted by atomic mass is 16.5. The van der Waals surface area contributed by atoms with Crippen LogP contribution < -0.4 is 10.5 Å². The average Bonchev–Trinajstić information content (AvgIpc) is 3.16. The summed E-state index contributed by atoms with van der Waals surface area (Å²) in [5, 5.41) is 4.10. The zero-order valence-corrected chi connectivity index (χ0v) is 15.7. The Labute approximate surface area is 163 Å². The zero-order valence-electron chi connectivity index (χ0n) is 15.7. The number of para-hydroxylation sites is 1. The van der Waals surface area contributed by atoms with Crippen LogP contribution >= 0.6 is 0 Å². The number of hydrogen-bond donors (Lipinski definition) is 1. The molecular formula is C21H22N4O3. The van der Waals surface area contributed by atoms with Crippen molar-refractivity contribution >= 4 is 5.91 Å². The summed E-state index contributed by atoms with van der Waals surface area (Å²) in [5.41, 5.74) is 8.76. The van der Waals surface area contributed by atoms with Crippen molar-refractivity contribution in [3.63, 3.8) is 0 Å². The summed E-state index contributed by atoms with van der Waals surface area (Å²) in [7, 11) is 0. The fourth-order valence-corrected chi connectivity index (χ4v) is 3.56. The Bertz CT molecular complexity index is 985. The van der Waals surface area contributed by atoms with Crippen molar-refractivity contribution in [2.75, 3.05) is 6.61 Å². The number of nitrogens with two attached hydrogens (primary N) is 1. The van der Waals surface area contributed by atoms with E-state index in [-0.39, 0.29) is 5.91 Å². The third kappa shape index (κ3) is 3.61. The van der Waals surface area contributed by atoms with Crippen molar-refractivity contribution in [1.29, 1.82) is 0 Å². The van der Waals surface area contributed by atoms with Gasteiger partial charge in [-0.25, -0.2) is 0 Å². The summed E-state index contributed by atoms with van der Waals surface area (Å²) in [6.07, 6.45) is 0.583. The molecule has 1 unspecified atom stereocenters. The van der Waals surface area contributed by atoms with Crippen molar-refractivity contribution in [2.45, 2.75) is 32.5 Å². The highest BCUT2D eigenvalue weighted by Crippen LogP contribution is 2.29. The Balaban J connectivity index is 1.57. The first-order chi connectivity index (χ1) is 13.7. The Morgan fingerprint density at radius 2 is 1.96 bits per heavy atom. The molecule has 2 aromatic carbocycles. The summed E-state index contributed by atoms with van der Waals surface area (Å²) < 4.78 is 11.1. The van der Waals surface area contributed by atoms with Crippen LogP contribution in [-0.4, -0.2) is 33.6 Å². The number of amides is 1. The molecule has 7 nitrogen and oxygen atoms in total. The Hall–Kier alpha value is -3.19. The molecule has 0 saturated carbocycles. The van der Waals surface area contributed by atoms with E-state index in [0.29, 0.717) is 43.6 Å². The minimum absolute atomic E-state index is 0.351. The SMILES string of the molecule is CCOc1ccccc1-c1noc(CN2Cc3ccccc3CC2C(N)=O)n1. The van der Waals surface area contributed by atoms with Crippen LogP contribution in [0.15, 0.2) is 53.1 Å². The lowest BCUT2D eigenvalue weighted by Gasteiger charge is -2.33. The number of rotatable bonds is 6. The molecule has 0 aliphatic carbocycles. The smallest absolute Gasteiger partial charge is 0.241 e. The molecule has 1 aliphatic rings. The molecule has 0 saturated heterocycles. The Morgan fingerprint density at radius 3 is 2.75 bits per heavy atom. The lowest BCUT2D eigenvalue weighted by molar-refractivity contribution is -0.124. The zero-order chi connectivity index (χ0) is 19.5. The van der Waals surface area contributed by atoms with Gasteiger partial charge in [-0.05, 0) is 36.6 Å². The van der Waals surface area contributed by atoms with E-state index < -0.39 is 6.04 Å². The predicted molar refractivity (Wildman–Crippen MR) is 103 cm³/mol. The molecule has 28 heavy (non-hydrogen) atoms. The third-order valence-corrected chi connectivity index (χ3v) is 4.91. The summed E-state index contributed by atoms with van der Waals surface area (Å²) in [4.78, 5) is 18.5. The van der Waals surface area contributed by atoms with E-state index in [2.05, 4.69) is 16.2 Å². The number of fused-ring (bicyclic) bond motifs is 1. The second-order valence-electron chi connectivity index (χ2n) is 6.74. The number of ether oxygens (including phenoxy) is 1. The molecule has 0 spiro atoms. The van der Waals surface area contributed by atoms with Gasteiger partial charge in [0.2, 0.25) is 17.6 Å². The van der Waals surface area contributed by atoms with E-state index in [1.54, 1.807) is 0 Å². The summed E-state index contributed by atoms with van der Waals surface area (Å²) in [5.74, 6) is 1.26. The first kappa shape index (κ1) is 18.2. The highest BCUT2D eigenvalue weighted by molar-refractivity contribution is 5.80. The van der Waals surface area contributed by atoms with Gasteiger partial charge in [-0.2, -0.15) is 4.98 Å². The summed E-state index contributed by atoms with van der Waals surface area (Å²) in [6.45, 7) is 3.44. The monoisotopic (exact) mass is 378 g/mol. The van der Waals surface area contributed by atoms with Gasteiger partial charge >= 0.3 is 0 Å². The normalized spacial score (nSPS) is 16.5. The number of benzene rings is 2. The number of hydrogen-bond acceptors (Lipinski definition) is 6. The lowest BCUT2D eigenvalue weighted by atomic mass is 9.93. The fraction of sp³-hybridized carbons (Fsp3) is 0.286. The molecule has 144 valence electrons. The van der Waals surface area contributed by atoms with Crippen LogP contribution in [0, 0.1) is 0 Å². The van der Waals surface area contributed by atoms with Gasteiger partial charge in [0.25, 0.3) is 0 Å².